The van der Waals surface area contributed by atoms with Gasteiger partial charge in [-0.05, 0) is 0 Å². The molecule has 14 heteroatoms. The maximum absolute atomic E-state index is 14.0. The summed E-state index contributed by atoms with van der Waals surface area (Å²) in [5.74, 6) is 0.0415. The minimum atomic E-state index is -4.51. The highest BCUT2D eigenvalue weighted by atomic mass is 31.2. The summed E-state index contributed by atoms with van der Waals surface area (Å²) in [6.07, 6.45) is -6.71. The van der Waals surface area contributed by atoms with E-state index < -0.39 is 38.7 Å². The molecule has 0 unspecified atom stereocenters. The van der Waals surface area contributed by atoms with Gasteiger partial charge in [0.2, 0.25) is 0 Å². The summed E-state index contributed by atoms with van der Waals surface area (Å²) in [6, 6.07) is 0. The van der Waals surface area contributed by atoms with Crippen molar-refractivity contribution < 1.29 is 33.3 Å². The summed E-state index contributed by atoms with van der Waals surface area (Å²) in [5, 5.41) is 17.3. The Hall–Kier alpha value is -1.76. The SMILES string of the molecule is Nc1ncnc2c1nnn2[C@@H]1O[C@H](OCP(=O)(O)O)[C@@H](F)[C@H]1O. The fourth-order valence-electron chi connectivity index (χ4n) is 2.07. The van der Waals surface area contributed by atoms with Crippen LogP contribution in [-0.4, -0.2) is 64.8 Å². The van der Waals surface area contributed by atoms with Crippen LogP contribution in [0.25, 0.3) is 11.2 Å². The molecule has 3 rings (SSSR count). The van der Waals surface area contributed by atoms with Crippen LogP contribution < -0.4 is 5.73 Å². The van der Waals surface area contributed by atoms with E-state index in [1.165, 1.54) is 0 Å². The molecule has 0 bridgehead atoms. The Kier molecular flexibility index (Phi) is 4.00. The van der Waals surface area contributed by atoms with Gasteiger partial charge in [-0.15, -0.1) is 5.10 Å². The zero-order chi connectivity index (χ0) is 16.8. The van der Waals surface area contributed by atoms with Crippen LogP contribution in [0.4, 0.5) is 10.2 Å². The van der Waals surface area contributed by atoms with Crippen molar-refractivity contribution in [2.75, 3.05) is 12.1 Å². The smallest absolute Gasteiger partial charge is 0.351 e. The van der Waals surface area contributed by atoms with Gasteiger partial charge in [0.1, 0.15) is 12.4 Å². The molecular formula is C9H12FN6O6P. The van der Waals surface area contributed by atoms with Crippen molar-refractivity contribution in [2.24, 2.45) is 0 Å². The van der Waals surface area contributed by atoms with Gasteiger partial charge < -0.3 is 30.1 Å². The van der Waals surface area contributed by atoms with Crippen molar-refractivity contribution in [3.8, 4) is 0 Å². The van der Waals surface area contributed by atoms with Crippen LogP contribution in [0.5, 0.6) is 0 Å². The number of nitrogens with two attached hydrogens (primary N) is 1. The van der Waals surface area contributed by atoms with Gasteiger partial charge in [-0.25, -0.2) is 14.4 Å². The highest BCUT2D eigenvalue weighted by Crippen LogP contribution is 2.38. The number of fused-ring (bicyclic) bond motifs is 1. The molecule has 0 aliphatic carbocycles. The lowest BCUT2D eigenvalue weighted by Gasteiger charge is -2.15. The number of hydrogen-bond donors (Lipinski definition) is 4. The lowest BCUT2D eigenvalue weighted by Crippen LogP contribution is -2.29. The largest absolute Gasteiger partial charge is 0.385 e. The first-order chi connectivity index (χ1) is 10.8. The summed E-state index contributed by atoms with van der Waals surface area (Å²) >= 11 is 0. The number of aliphatic hydroxyl groups excluding tert-OH is 1. The molecule has 1 aliphatic heterocycles. The lowest BCUT2D eigenvalue weighted by molar-refractivity contribution is -0.160. The molecule has 0 amide bonds. The van der Waals surface area contributed by atoms with Gasteiger partial charge >= 0.3 is 7.60 Å². The van der Waals surface area contributed by atoms with Crippen molar-refractivity contribution in [3.05, 3.63) is 6.33 Å². The first-order valence-corrected chi connectivity index (χ1v) is 8.03. The van der Waals surface area contributed by atoms with E-state index in [1.54, 1.807) is 0 Å². The van der Waals surface area contributed by atoms with Gasteiger partial charge in [-0.1, -0.05) is 5.21 Å². The van der Waals surface area contributed by atoms with E-state index in [0.717, 1.165) is 11.0 Å². The number of hydrogen-bond acceptors (Lipinski definition) is 9. The molecule has 1 saturated heterocycles. The number of nitrogens with zero attached hydrogens (tertiary/aromatic N) is 5. The quantitative estimate of drug-likeness (QED) is 0.472. The van der Waals surface area contributed by atoms with Crippen LogP contribution in [0.3, 0.4) is 0 Å². The molecule has 2 aromatic rings. The zero-order valence-corrected chi connectivity index (χ0v) is 12.2. The van der Waals surface area contributed by atoms with E-state index in [9.17, 15) is 14.1 Å². The fraction of sp³-hybridized carbons (Fsp3) is 0.556. The molecule has 2 aromatic heterocycles. The van der Waals surface area contributed by atoms with Crippen LogP contribution in [0, 0.1) is 0 Å². The van der Waals surface area contributed by atoms with Crippen molar-refractivity contribution in [2.45, 2.75) is 24.8 Å². The third-order valence-corrected chi connectivity index (χ3v) is 3.57. The maximum Gasteiger partial charge on any atom is 0.351 e. The molecule has 12 nitrogen and oxygen atoms in total. The zero-order valence-electron chi connectivity index (χ0n) is 11.3. The van der Waals surface area contributed by atoms with E-state index in [2.05, 4.69) is 25.0 Å². The fourth-order valence-corrected chi connectivity index (χ4v) is 2.41. The number of aromatic nitrogens is 5. The molecule has 23 heavy (non-hydrogen) atoms. The predicted molar refractivity (Wildman–Crippen MR) is 70.3 cm³/mol. The molecule has 5 N–H and O–H groups in total. The summed E-state index contributed by atoms with van der Waals surface area (Å²) < 4.78 is 35.6. The Morgan fingerprint density at radius 3 is 2.91 bits per heavy atom. The predicted octanol–water partition coefficient (Wildman–Crippen LogP) is -1.49. The average molecular weight is 350 g/mol. The standard InChI is InChI=1S/C9H12FN6O6P/c10-3-5(17)8(22-9(3)21-2-23(18,19)20)16-7-4(14-15-16)6(11)12-1-13-7/h1,3,5,8-9,17H,2H2,(H2,11,12,13)(H2,18,19,20)/t3-,5+,8+,9-/m0/s1. The van der Waals surface area contributed by atoms with Crippen molar-refractivity contribution in [1.82, 2.24) is 25.0 Å². The molecule has 0 spiro atoms. The van der Waals surface area contributed by atoms with Crippen molar-refractivity contribution in [3.63, 3.8) is 0 Å². The van der Waals surface area contributed by atoms with Gasteiger partial charge in [0.05, 0.1) is 0 Å². The van der Waals surface area contributed by atoms with Crippen LogP contribution in [0.1, 0.15) is 6.23 Å². The maximum atomic E-state index is 14.0. The molecule has 0 saturated carbocycles. The third-order valence-electron chi connectivity index (χ3n) is 3.09. The van der Waals surface area contributed by atoms with Crippen LogP contribution >= 0.6 is 7.60 Å². The first kappa shape index (κ1) is 16.1. The van der Waals surface area contributed by atoms with E-state index in [1.807, 2.05) is 0 Å². The average Bonchev–Trinajstić information content (AvgIpc) is 3.01. The van der Waals surface area contributed by atoms with Crippen molar-refractivity contribution >= 4 is 24.6 Å². The van der Waals surface area contributed by atoms with E-state index in [0.29, 0.717) is 0 Å². The summed E-state index contributed by atoms with van der Waals surface area (Å²) in [5.41, 5.74) is 5.84. The molecule has 4 atom stereocenters. The summed E-state index contributed by atoms with van der Waals surface area (Å²) in [7, 11) is -4.51. The van der Waals surface area contributed by atoms with Gasteiger partial charge in [0, 0.05) is 0 Å². The number of rotatable bonds is 4. The molecule has 1 aliphatic rings. The Morgan fingerprint density at radius 1 is 1.48 bits per heavy atom. The number of nitrogen functional groups attached to an aromatic ring is 1. The Bertz CT molecular complexity index is 768. The highest BCUT2D eigenvalue weighted by molar-refractivity contribution is 7.51. The van der Waals surface area contributed by atoms with Gasteiger partial charge in [0.15, 0.2) is 42.0 Å². The van der Waals surface area contributed by atoms with Gasteiger partial charge in [-0.3, -0.25) is 4.57 Å². The van der Waals surface area contributed by atoms with Gasteiger partial charge in [0.25, 0.3) is 0 Å². The topological polar surface area (TPSA) is 179 Å². The second-order valence-corrected chi connectivity index (χ2v) is 6.34. The molecule has 3 heterocycles. The molecule has 0 radical (unpaired) electrons. The minimum absolute atomic E-state index is 0.0415. The molecular weight excluding hydrogens is 338 g/mol. The van der Waals surface area contributed by atoms with E-state index in [-0.39, 0.29) is 17.0 Å². The van der Waals surface area contributed by atoms with E-state index >= 15 is 0 Å². The highest BCUT2D eigenvalue weighted by Gasteiger charge is 2.47. The normalized spacial score (nSPS) is 28.5. The summed E-state index contributed by atoms with van der Waals surface area (Å²) in [6.45, 7) is 0. The number of ether oxygens (including phenoxy) is 2. The molecule has 1 fully saturated rings. The third kappa shape index (κ3) is 3.02. The van der Waals surface area contributed by atoms with Crippen LogP contribution in [0.2, 0.25) is 0 Å². The molecule has 0 aromatic carbocycles. The lowest BCUT2D eigenvalue weighted by atomic mass is 10.2. The first-order valence-electron chi connectivity index (χ1n) is 6.23. The van der Waals surface area contributed by atoms with Crippen molar-refractivity contribution in [1.29, 1.82) is 0 Å². The second kappa shape index (κ2) is 5.70. The molecule has 126 valence electrons. The Morgan fingerprint density at radius 2 is 2.22 bits per heavy atom. The van der Waals surface area contributed by atoms with Gasteiger partial charge in [-0.2, -0.15) is 4.68 Å². The van der Waals surface area contributed by atoms with E-state index in [4.69, 9.17) is 20.3 Å². The Labute approximate surface area is 127 Å². The van der Waals surface area contributed by atoms with Crippen LogP contribution in [-0.2, 0) is 14.0 Å². The minimum Gasteiger partial charge on any atom is -0.385 e. The monoisotopic (exact) mass is 350 g/mol. The van der Waals surface area contributed by atoms with Crippen LogP contribution in [0.15, 0.2) is 6.33 Å². The number of alkyl halides is 1. The summed E-state index contributed by atoms with van der Waals surface area (Å²) in [4.78, 5) is 25.1. The Balaban J connectivity index is 1.85. The number of anilines is 1. The second-order valence-electron chi connectivity index (χ2n) is 4.76. The number of aliphatic hydroxyl groups is 1. The number of halogens is 1.